The quantitative estimate of drug-likeness (QED) is 0.566. The third-order valence-electron chi connectivity index (χ3n) is 1.28. The van der Waals surface area contributed by atoms with E-state index in [0.717, 1.165) is 0 Å². The summed E-state index contributed by atoms with van der Waals surface area (Å²) in [6, 6.07) is -0.00787. The van der Waals surface area contributed by atoms with Gasteiger partial charge in [0.15, 0.2) is 0 Å². The first-order valence-corrected chi connectivity index (χ1v) is 2.48. The molecule has 54 valence electrons. The minimum Gasteiger partial charge on any atom is -0.327 e. The van der Waals surface area contributed by atoms with Gasteiger partial charge in [-0.15, -0.1) is 12.4 Å². The molecule has 0 heterocycles. The minimum atomic E-state index is -1.54. The standard InChI is InChI=1S/C5H7F2N.ClH/c6-5(7)3-1-4(8)2-3;/h4H,1-2,8H2;1H. The maximum atomic E-state index is 11.5. The Morgan fingerprint density at radius 2 is 1.89 bits per heavy atom. The van der Waals surface area contributed by atoms with Crippen LogP contribution in [0.5, 0.6) is 0 Å². The van der Waals surface area contributed by atoms with Crippen LogP contribution in [0.3, 0.4) is 0 Å². The Labute approximate surface area is 58.3 Å². The van der Waals surface area contributed by atoms with Crippen LogP contribution in [0.15, 0.2) is 11.7 Å². The SMILES string of the molecule is Cl.NC1CC(=C(F)F)C1. The number of halogens is 3. The molecule has 1 nitrogen and oxygen atoms in total. The summed E-state index contributed by atoms with van der Waals surface area (Å²) in [5, 5.41) is 0. The summed E-state index contributed by atoms with van der Waals surface area (Å²) in [4.78, 5) is 0. The maximum Gasteiger partial charge on any atom is 0.269 e. The Morgan fingerprint density at radius 1 is 1.44 bits per heavy atom. The van der Waals surface area contributed by atoms with Crippen molar-refractivity contribution in [3.8, 4) is 0 Å². The normalized spacial score (nSPS) is 24.3. The minimum absolute atomic E-state index is 0. The molecule has 0 bridgehead atoms. The maximum absolute atomic E-state index is 11.5. The second-order valence-electron chi connectivity index (χ2n) is 2.03. The summed E-state index contributed by atoms with van der Waals surface area (Å²) in [5.74, 6) is 0. The van der Waals surface area contributed by atoms with Gasteiger partial charge in [-0.25, -0.2) is 0 Å². The zero-order valence-corrected chi connectivity index (χ0v) is 5.55. The molecule has 9 heavy (non-hydrogen) atoms. The summed E-state index contributed by atoms with van der Waals surface area (Å²) in [6.45, 7) is 0. The molecule has 0 spiro atoms. The van der Waals surface area contributed by atoms with Crippen LogP contribution in [0.4, 0.5) is 8.78 Å². The van der Waals surface area contributed by atoms with Gasteiger partial charge in [-0.1, -0.05) is 0 Å². The molecule has 0 aromatic carbocycles. The van der Waals surface area contributed by atoms with Gasteiger partial charge in [-0.2, -0.15) is 8.78 Å². The van der Waals surface area contributed by atoms with Crippen molar-refractivity contribution in [3.05, 3.63) is 11.7 Å². The molecule has 1 fully saturated rings. The lowest BCUT2D eigenvalue weighted by Gasteiger charge is -2.23. The van der Waals surface area contributed by atoms with E-state index in [9.17, 15) is 8.78 Å². The molecule has 0 radical (unpaired) electrons. The van der Waals surface area contributed by atoms with Crippen LogP contribution >= 0.6 is 12.4 Å². The molecular weight excluding hydrogens is 148 g/mol. The molecule has 1 aliphatic rings. The average molecular weight is 156 g/mol. The van der Waals surface area contributed by atoms with Crippen molar-refractivity contribution in [3.63, 3.8) is 0 Å². The Balaban J connectivity index is 0.000000640. The zero-order chi connectivity index (χ0) is 6.15. The molecule has 0 unspecified atom stereocenters. The molecule has 0 atom stereocenters. The zero-order valence-electron chi connectivity index (χ0n) is 4.73. The molecule has 0 aliphatic heterocycles. The van der Waals surface area contributed by atoms with Crippen molar-refractivity contribution in [1.29, 1.82) is 0 Å². The van der Waals surface area contributed by atoms with Gasteiger partial charge in [0.2, 0.25) is 0 Å². The van der Waals surface area contributed by atoms with Crippen LogP contribution in [-0.2, 0) is 0 Å². The van der Waals surface area contributed by atoms with Crippen LogP contribution in [0.2, 0.25) is 0 Å². The number of rotatable bonds is 0. The third-order valence-corrected chi connectivity index (χ3v) is 1.28. The van der Waals surface area contributed by atoms with Crippen LogP contribution in [0.1, 0.15) is 12.8 Å². The highest BCUT2D eigenvalue weighted by Crippen LogP contribution is 2.28. The predicted molar refractivity (Wildman–Crippen MR) is 33.7 cm³/mol. The molecule has 1 saturated carbocycles. The van der Waals surface area contributed by atoms with Crippen LogP contribution in [-0.4, -0.2) is 6.04 Å². The van der Waals surface area contributed by atoms with Crippen molar-refractivity contribution in [2.24, 2.45) is 5.73 Å². The van der Waals surface area contributed by atoms with Crippen molar-refractivity contribution >= 4 is 12.4 Å². The Bertz CT molecular complexity index is 123. The summed E-state index contributed by atoms with van der Waals surface area (Å²) >= 11 is 0. The Hall–Kier alpha value is -0.150. The molecule has 2 N–H and O–H groups in total. The molecular formula is C5H8ClF2N. The second-order valence-corrected chi connectivity index (χ2v) is 2.03. The monoisotopic (exact) mass is 155 g/mol. The van der Waals surface area contributed by atoms with E-state index in [-0.39, 0.29) is 24.0 Å². The van der Waals surface area contributed by atoms with Crippen molar-refractivity contribution < 1.29 is 8.78 Å². The van der Waals surface area contributed by atoms with E-state index in [2.05, 4.69) is 0 Å². The fourth-order valence-corrected chi connectivity index (χ4v) is 0.727. The van der Waals surface area contributed by atoms with E-state index in [1.807, 2.05) is 0 Å². The highest BCUT2D eigenvalue weighted by atomic mass is 35.5. The Kier molecular flexibility index (Phi) is 3.08. The molecule has 0 aromatic heterocycles. The second kappa shape index (κ2) is 3.13. The van der Waals surface area contributed by atoms with Gasteiger partial charge in [0.25, 0.3) is 6.08 Å². The van der Waals surface area contributed by atoms with E-state index in [0.29, 0.717) is 12.8 Å². The number of hydrogen-bond donors (Lipinski definition) is 1. The van der Waals surface area contributed by atoms with E-state index in [1.54, 1.807) is 0 Å². The smallest absolute Gasteiger partial charge is 0.269 e. The molecule has 0 saturated heterocycles. The fraction of sp³-hybridized carbons (Fsp3) is 0.600. The lowest BCUT2D eigenvalue weighted by Crippen LogP contribution is -2.30. The molecule has 0 amide bonds. The van der Waals surface area contributed by atoms with Crippen LogP contribution in [0, 0.1) is 0 Å². The fourth-order valence-electron chi connectivity index (χ4n) is 0.727. The summed E-state index contributed by atoms with van der Waals surface area (Å²) in [5.41, 5.74) is 5.47. The van der Waals surface area contributed by atoms with Gasteiger partial charge in [-0.05, 0) is 18.4 Å². The van der Waals surface area contributed by atoms with Gasteiger partial charge in [0, 0.05) is 6.04 Å². The first kappa shape index (κ1) is 8.85. The third kappa shape index (κ3) is 1.91. The van der Waals surface area contributed by atoms with Gasteiger partial charge >= 0.3 is 0 Å². The van der Waals surface area contributed by atoms with E-state index in [1.165, 1.54) is 0 Å². The highest BCUT2D eigenvalue weighted by molar-refractivity contribution is 5.85. The highest BCUT2D eigenvalue weighted by Gasteiger charge is 2.22. The summed E-state index contributed by atoms with van der Waals surface area (Å²) < 4.78 is 23.0. The van der Waals surface area contributed by atoms with Gasteiger partial charge in [0.05, 0.1) is 0 Å². The Morgan fingerprint density at radius 3 is 2.00 bits per heavy atom. The molecule has 4 heteroatoms. The predicted octanol–water partition coefficient (Wildman–Crippen LogP) is 1.68. The van der Waals surface area contributed by atoms with E-state index >= 15 is 0 Å². The first-order valence-electron chi connectivity index (χ1n) is 2.48. The van der Waals surface area contributed by atoms with Gasteiger partial charge in [-0.3, -0.25) is 0 Å². The van der Waals surface area contributed by atoms with Gasteiger partial charge < -0.3 is 5.73 Å². The van der Waals surface area contributed by atoms with Crippen molar-refractivity contribution in [2.75, 3.05) is 0 Å². The van der Waals surface area contributed by atoms with Crippen molar-refractivity contribution in [1.82, 2.24) is 0 Å². The largest absolute Gasteiger partial charge is 0.327 e. The molecule has 0 aromatic rings. The first-order chi connectivity index (χ1) is 3.70. The van der Waals surface area contributed by atoms with Crippen molar-refractivity contribution in [2.45, 2.75) is 18.9 Å². The number of nitrogens with two attached hydrogens (primary N) is 1. The van der Waals surface area contributed by atoms with Gasteiger partial charge in [0.1, 0.15) is 0 Å². The lowest BCUT2D eigenvalue weighted by molar-refractivity contribution is 0.375. The molecule has 1 rings (SSSR count). The molecule has 1 aliphatic carbocycles. The number of hydrogen-bond acceptors (Lipinski definition) is 1. The summed E-state index contributed by atoms with van der Waals surface area (Å²) in [6.07, 6.45) is -0.753. The van der Waals surface area contributed by atoms with E-state index < -0.39 is 6.08 Å². The van der Waals surface area contributed by atoms with E-state index in [4.69, 9.17) is 5.73 Å². The van der Waals surface area contributed by atoms with Crippen LogP contribution in [0.25, 0.3) is 0 Å². The average Bonchev–Trinajstić information content (AvgIpc) is 1.57. The van der Waals surface area contributed by atoms with Crippen LogP contribution < -0.4 is 5.73 Å². The topological polar surface area (TPSA) is 26.0 Å². The summed E-state index contributed by atoms with van der Waals surface area (Å²) in [7, 11) is 0. The lowest BCUT2D eigenvalue weighted by atomic mass is 9.88.